The van der Waals surface area contributed by atoms with Gasteiger partial charge in [0, 0.05) is 28.4 Å². The van der Waals surface area contributed by atoms with Gasteiger partial charge in [-0.25, -0.2) is 4.39 Å². The van der Waals surface area contributed by atoms with Crippen LogP contribution in [0.2, 0.25) is 5.02 Å². The fourth-order valence-electron chi connectivity index (χ4n) is 5.16. The zero-order valence-corrected chi connectivity index (χ0v) is 18.0. The topological polar surface area (TPSA) is 78.4 Å². The molecule has 0 aliphatic heterocycles. The van der Waals surface area contributed by atoms with E-state index in [4.69, 9.17) is 16.7 Å². The average Bonchev–Trinajstić information content (AvgIpc) is 3.21. The number of carbonyl (C=O) groups is 2. The second kappa shape index (κ2) is 8.87. The first-order valence-corrected chi connectivity index (χ1v) is 11.1. The Hall–Kier alpha value is -2.60. The number of fused-ring (bicyclic) bond motifs is 1. The van der Waals surface area contributed by atoms with Gasteiger partial charge in [-0.05, 0) is 85.0 Å². The Kier molecular flexibility index (Phi) is 6.19. The smallest absolute Gasteiger partial charge is 0.307 e. The van der Waals surface area contributed by atoms with Gasteiger partial charge < -0.3 is 15.7 Å². The lowest BCUT2D eigenvalue weighted by molar-refractivity contribution is -0.136. The molecular weight excluding hydrogens is 419 g/mol. The molecule has 2 aromatic rings. The second-order valence-corrected chi connectivity index (χ2v) is 9.02. The average molecular weight is 445 g/mol. The van der Waals surface area contributed by atoms with E-state index in [1.807, 2.05) is 0 Å². The van der Waals surface area contributed by atoms with Crippen LogP contribution in [-0.4, -0.2) is 29.1 Å². The van der Waals surface area contributed by atoms with E-state index in [-0.39, 0.29) is 24.4 Å². The van der Waals surface area contributed by atoms with E-state index in [1.165, 1.54) is 12.1 Å². The molecule has 2 aromatic carbocycles. The summed E-state index contributed by atoms with van der Waals surface area (Å²) in [6.45, 7) is 2.09. The van der Waals surface area contributed by atoms with Crippen LogP contribution in [0, 0.1) is 23.6 Å². The van der Waals surface area contributed by atoms with Crippen LogP contribution in [0.3, 0.4) is 0 Å². The minimum absolute atomic E-state index is 0.0761. The Morgan fingerprint density at radius 2 is 1.84 bits per heavy atom. The first-order chi connectivity index (χ1) is 14.9. The summed E-state index contributed by atoms with van der Waals surface area (Å²) in [4.78, 5) is 23.7. The molecule has 164 valence electrons. The van der Waals surface area contributed by atoms with Crippen LogP contribution in [0.1, 0.15) is 42.1 Å². The predicted octanol–water partition coefficient (Wildman–Crippen LogP) is 4.75. The van der Waals surface area contributed by atoms with E-state index in [0.29, 0.717) is 39.6 Å². The number of carboxylic acids is 1. The number of nitrogens with one attached hydrogen (secondary N) is 2. The minimum Gasteiger partial charge on any atom is -0.481 e. The molecule has 2 fully saturated rings. The van der Waals surface area contributed by atoms with Gasteiger partial charge in [0.15, 0.2) is 0 Å². The first kappa shape index (κ1) is 21.6. The zero-order chi connectivity index (χ0) is 22.1. The highest BCUT2D eigenvalue weighted by Gasteiger charge is 2.58. The second-order valence-electron chi connectivity index (χ2n) is 8.58. The first-order valence-electron chi connectivity index (χ1n) is 10.7. The highest BCUT2D eigenvalue weighted by Crippen LogP contribution is 2.59. The molecule has 0 saturated heterocycles. The third-order valence-electron chi connectivity index (χ3n) is 6.61. The monoisotopic (exact) mass is 444 g/mol. The standard InChI is InChI=1S/C24H26ClFN2O3/c1-2-20(28-24(31)13-3-5-15(25)6-4-13)23-18-11-17(12-19(18)23)27-21-8-7-16(26)9-14(21)10-22(29)30/h3-9,17-20,23,27H,2,10-12H2,1H3,(H,28,31)(H,29,30). The molecule has 4 rings (SSSR count). The van der Waals surface area contributed by atoms with Gasteiger partial charge in [-0.3, -0.25) is 9.59 Å². The van der Waals surface area contributed by atoms with Crippen molar-refractivity contribution in [1.29, 1.82) is 0 Å². The quantitative estimate of drug-likeness (QED) is 0.549. The number of hydrogen-bond donors (Lipinski definition) is 3. The summed E-state index contributed by atoms with van der Waals surface area (Å²) in [7, 11) is 0. The number of carboxylic acid groups (broad SMARTS) is 1. The Morgan fingerprint density at radius 1 is 1.16 bits per heavy atom. The molecule has 3 atom stereocenters. The van der Waals surface area contributed by atoms with E-state index in [1.54, 1.807) is 30.3 Å². The summed E-state index contributed by atoms with van der Waals surface area (Å²) in [6, 6.07) is 11.5. The summed E-state index contributed by atoms with van der Waals surface area (Å²) in [5, 5.41) is 16.3. The fourth-order valence-corrected chi connectivity index (χ4v) is 5.29. The molecule has 2 saturated carbocycles. The molecule has 3 unspecified atom stereocenters. The number of rotatable bonds is 8. The summed E-state index contributed by atoms with van der Waals surface area (Å²) in [5.41, 5.74) is 1.76. The lowest BCUT2D eigenvalue weighted by atomic mass is 9.98. The molecule has 3 N–H and O–H groups in total. The number of anilines is 1. The zero-order valence-electron chi connectivity index (χ0n) is 17.3. The van der Waals surface area contributed by atoms with Gasteiger partial charge in [0.1, 0.15) is 5.82 Å². The Morgan fingerprint density at radius 3 is 2.45 bits per heavy atom. The van der Waals surface area contributed by atoms with Gasteiger partial charge in [-0.2, -0.15) is 0 Å². The SMILES string of the molecule is CCC(NC(=O)c1ccc(Cl)cc1)C1C2CC(Nc3ccc(F)cc3CC(=O)O)CC21. The van der Waals surface area contributed by atoms with E-state index in [0.717, 1.165) is 19.3 Å². The Labute approximate surface area is 186 Å². The van der Waals surface area contributed by atoms with E-state index in [9.17, 15) is 14.0 Å². The van der Waals surface area contributed by atoms with Crippen LogP contribution in [0.5, 0.6) is 0 Å². The molecule has 0 bridgehead atoms. The van der Waals surface area contributed by atoms with Crippen molar-refractivity contribution in [3.8, 4) is 0 Å². The minimum atomic E-state index is -0.981. The molecule has 5 nitrogen and oxygen atoms in total. The van der Waals surface area contributed by atoms with E-state index >= 15 is 0 Å². The highest BCUT2D eigenvalue weighted by molar-refractivity contribution is 6.30. The van der Waals surface area contributed by atoms with Gasteiger partial charge in [0.2, 0.25) is 0 Å². The molecule has 2 aliphatic carbocycles. The van der Waals surface area contributed by atoms with Gasteiger partial charge in [0.25, 0.3) is 5.91 Å². The molecule has 7 heteroatoms. The summed E-state index contributed by atoms with van der Waals surface area (Å²) < 4.78 is 13.5. The van der Waals surface area contributed by atoms with Crippen LogP contribution < -0.4 is 10.6 Å². The third-order valence-corrected chi connectivity index (χ3v) is 6.86. The van der Waals surface area contributed by atoms with Crippen molar-refractivity contribution in [3.63, 3.8) is 0 Å². The lowest BCUT2D eigenvalue weighted by Crippen LogP contribution is -2.38. The largest absolute Gasteiger partial charge is 0.481 e. The molecule has 2 aliphatic rings. The molecule has 0 radical (unpaired) electrons. The summed E-state index contributed by atoms with van der Waals surface area (Å²) >= 11 is 5.90. The molecule has 0 spiro atoms. The fraction of sp³-hybridized carbons (Fsp3) is 0.417. The lowest BCUT2D eigenvalue weighted by Gasteiger charge is -2.23. The number of amides is 1. The maximum absolute atomic E-state index is 13.5. The van der Waals surface area contributed by atoms with Crippen LogP contribution >= 0.6 is 11.6 Å². The van der Waals surface area contributed by atoms with Crippen LogP contribution in [0.15, 0.2) is 42.5 Å². The van der Waals surface area contributed by atoms with E-state index < -0.39 is 11.8 Å². The molecule has 1 amide bonds. The van der Waals surface area contributed by atoms with Gasteiger partial charge >= 0.3 is 5.97 Å². The van der Waals surface area contributed by atoms with Crippen LogP contribution in [-0.2, 0) is 11.2 Å². The van der Waals surface area contributed by atoms with Crippen LogP contribution in [0.25, 0.3) is 0 Å². The van der Waals surface area contributed by atoms with Crippen molar-refractivity contribution in [2.75, 3.05) is 5.32 Å². The number of halogens is 2. The Bertz CT molecular complexity index is 969. The number of hydrogen-bond acceptors (Lipinski definition) is 3. The number of aliphatic carboxylic acids is 1. The highest BCUT2D eigenvalue weighted by atomic mass is 35.5. The van der Waals surface area contributed by atoms with Crippen molar-refractivity contribution < 1.29 is 19.1 Å². The maximum atomic E-state index is 13.5. The molecule has 31 heavy (non-hydrogen) atoms. The van der Waals surface area contributed by atoms with Crippen LogP contribution in [0.4, 0.5) is 10.1 Å². The number of benzene rings is 2. The van der Waals surface area contributed by atoms with Crippen molar-refractivity contribution in [2.24, 2.45) is 17.8 Å². The van der Waals surface area contributed by atoms with Crippen molar-refractivity contribution in [2.45, 2.75) is 44.7 Å². The van der Waals surface area contributed by atoms with Crippen molar-refractivity contribution in [1.82, 2.24) is 5.32 Å². The third kappa shape index (κ3) is 4.85. The molecule has 0 heterocycles. The van der Waals surface area contributed by atoms with Crippen molar-refractivity contribution >= 4 is 29.2 Å². The van der Waals surface area contributed by atoms with Gasteiger partial charge in [0.05, 0.1) is 6.42 Å². The molecular formula is C24H26ClFN2O3. The van der Waals surface area contributed by atoms with Gasteiger partial charge in [-0.15, -0.1) is 0 Å². The van der Waals surface area contributed by atoms with E-state index in [2.05, 4.69) is 17.6 Å². The normalized spacial score (nSPS) is 24.9. The summed E-state index contributed by atoms with van der Waals surface area (Å²) in [5.74, 6) is 0.0510. The summed E-state index contributed by atoms with van der Waals surface area (Å²) in [6.07, 6.45) is 2.59. The molecule has 0 aromatic heterocycles. The van der Waals surface area contributed by atoms with Gasteiger partial charge in [-0.1, -0.05) is 18.5 Å². The maximum Gasteiger partial charge on any atom is 0.307 e. The Balaban J connectivity index is 1.34. The predicted molar refractivity (Wildman–Crippen MR) is 118 cm³/mol. The van der Waals surface area contributed by atoms with Crippen molar-refractivity contribution in [3.05, 3.63) is 64.4 Å². The number of carbonyl (C=O) groups excluding carboxylic acids is 1.